The first kappa shape index (κ1) is 19.4. The normalized spacial score (nSPS) is 16.5. The van der Waals surface area contributed by atoms with Gasteiger partial charge in [0.1, 0.15) is 0 Å². The van der Waals surface area contributed by atoms with E-state index in [0.717, 1.165) is 30.4 Å². The summed E-state index contributed by atoms with van der Waals surface area (Å²) >= 11 is 0. The Morgan fingerprint density at radius 3 is 2.70 bits per heavy atom. The zero-order valence-electron chi connectivity index (χ0n) is 16.5. The second kappa shape index (κ2) is 8.57. The number of urea groups is 1. The monoisotopic (exact) mass is 366 g/mol. The number of aryl methyl sites for hydroxylation is 1. The predicted octanol–water partition coefficient (Wildman–Crippen LogP) is 4.88. The number of rotatable bonds is 5. The fourth-order valence-corrected chi connectivity index (χ4v) is 3.42. The van der Waals surface area contributed by atoms with E-state index in [2.05, 4.69) is 34.9 Å². The molecule has 0 bridgehead atoms. The minimum Gasteiger partial charge on any atom is -0.371 e. The van der Waals surface area contributed by atoms with Crippen LogP contribution in [-0.2, 0) is 24.3 Å². The molecule has 2 amide bonds. The fraction of sp³-hybridized carbons (Fsp3) is 0.435. The first-order valence-electron chi connectivity index (χ1n) is 9.75. The topological polar surface area (TPSA) is 50.4 Å². The zero-order chi connectivity index (χ0) is 19.3. The van der Waals surface area contributed by atoms with Crippen molar-refractivity contribution < 1.29 is 9.53 Å². The fourth-order valence-electron chi connectivity index (χ4n) is 3.42. The molecule has 144 valence electrons. The molecule has 3 rings (SSSR count). The Hall–Kier alpha value is -2.33. The molecule has 0 heterocycles. The van der Waals surface area contributed by atoms with E-state index in [9.17, 15) is 4.79 Å². The summed E-state index contributed by atoms with van der Waals surface area (Å²) < 4.78 is 5.83. The summed E-state index contributed by atoms with van der Waals surface area (Å²) in [6, 6.07) is 16.5. The number of nitrogens with one attached hydrogen (secondary N) is 2. The van der Waals surface area contributed by atoms with Crippen LogP contribution in [0.1, 0.15) is 61.9 Å². The Balaban J connectivity index is 1.53. The zero-order valence-corrected chi connectivity index (χ0v) is 16.5. The standard InChI is InChI=1S/C23H30N2O2/c1-23(2,3)27-16-18-9-6-8-17(14-18)15-24-22(26)25-21-13-7-11-19-10-4-5-12-20(19)21/h4-6,8-10,12,14,21H,7,11,13,15-16H2,1-3H3,(H2,24,25,26). The van der Waals surface area contributed by atoms with E-state index >= 15 is 0 Å². The summed E-state index contributed by atoms with van der Waals surface area (Å²) in [6.45, 7) is 7.22. The molecule has 0 aliphatic heterocycles. The lowest BCUT2D eigenvalue weighted by Gasteiger charge is -2.26. The second-order valence-electron chi connectivity index (χ2n) is 8.19. The minimum atomic E-state index is -0.162. The highest BCUT2D eigenvalue weighted by Gasteiger charge is 2.21. The highest BCUT2D eigenvalue weighted by molar-refractivity contribution is 5.74. The van der Waals surface area contributed by atoms with Crippen LogP contribution >= 0.6 is 0 Å². The van der Waals surface area contributed by atoms with Gasteiger partial charge in [-0.25, -0.2) is 4.79 Å². The van der Waals surface area contributed by atoms with E-state index in [4.69, 9.17) is 4.74 Å². The average Bonchev–Trinajstić information content (AvgIpc) is 2.65. The number of carbonyl (C=O) groups excluding carboxylic acids is 1. The number of amides is 2. The van der Waals surface area contributed by atoms with Gasteiger partial charge in [-0.15, -0.1) is 0 Å². The molecule has 0 aromatic heterocycles. The molecule has 2 N–H and O–H groups in total. The van der Waals surface area contributed by atoms with Gasteiger partial charge in [0.2, 0.25) is 0 Å². The largest absolute Gasteiger partial charge is 0.371 e. The minimum absolute atomic E-state index is 0.0986. The summed E-state index contributed by atoms with van der Waals surface area (Å²) in [5.41, 5.74) is 4.63. The third kappa shape index (κ3) is 5.83. The molecule has 4 nitrogen and oxygen atoms in total. The van der Waals surface area contributed by atoms with Gasteiger partial charge in [0.25, 0.3) is 0 Å². The van der Waals surface area contributed by atoms with Crippen LogP contribution in [0.25, 0.3) is 0 Å². The van der Waals surface area contributed by atoms with Crippen molar-refractivity contribution in [3.63, 3.8) is 0 Å². The predicted molar refractivity (Wildman–Crippen MR) is 108 cm³/mol. The third-order valence-corrected chi connectivity index (χ3v) is 4.79. The van der Waals surface area contributed by atoms with Gasteiger partial charge in [0, 0.05) is 6.54 Å². The van der Waals surface area contributed by atoms with Gasteiger partial charge >= 0.3 is 6.03 Å². The van der Waals surface area contributed by atoms with Crippen molar-refractivity contribution in [1.29, 1.82) is 0 Å². The molecule has 0 saturated heterocycles. The van der Waals surface area contributed by atoms with Gasteiger partial charge in [0.05, 0.1) is 18.2 Å². The third-order valence-electron chi connectivity index (χ3n) is 4.79. The van der Waals surface area contributed by atoms with E-state index in [0.29, 0.717) is 13.2 Å². The summed E-state index contributed by atoms with van der Waals surface area (Å²) in [6.07, 6.45) is 3.20. The van der Waals surface area contributed by atoms with Gasteiger partial charge in [-0.2, -0.15) is 0 Å². The number of hydrogen-bond donors (Lipinski definition) is 2. The van der Waals surface area contributed by atoms with Crippen LogP contribution in [0, 0.1) is 0 Å². The summed E-state index contributed by atoms with van der Waals surface area (Å²) in [5.74, 6) is 0. The van der Waals surface area contributed by atoms with Crippen molar-refractivity contribution in [3.8, 4) is 0 Å². The molecular formula is C23H30N2O2. The molecule has 2 aromatic rings. The van der Waals surface area contributed by atoms with Crippen LogP contribution in [0.5, 0.6) is 0 Å². The van der Waals surface area contributed by atoms with Crippen LogP contribution in [0.2, 0.25) is 0 Å². The van der Waals surface area contributed by atoms with Crippen LogP contribution in [-0.4, -0.2) is 11.6 Å². The first-order chi connectivity index (χ1) is 12.9. The average molecular weight is 367 g/mol. The molecular weight excluding hydrogens is 336 g/mol. The van der Waals surface area contributed by atoms with Crippen LogP contribution in [0.4, 0.5) is 4.79 Å². The Kier molecular flexibility index (Phi) is 6.17. The maximum atomic E-state index is 12.4. The van der Waals surface area contributed by atoms with Crippen molar-refractivity contribution in [2.24, 2.45) is 0 Å². The Morgan fingerprint density at radius 2 is 1.89 bits per heavy atom. The quantitative estimate of drug-likeness (QED) is 0.792. The van der Waals surface area contributed by atoms with Crippen molar-refractivity contribution in [2.75, 3.05) is 0 Å². The Bertz CT molecular complexity index is 780. The smallest absolute Gasteiger partial charge is 0.315 e. The first-order valence-corrected chi connectivity index (χ1v) is 9.75. The van der Waals surface area contributed by atoms with Crippen molar-refractivity contribution in [1.82, 2.24) is 10.6 Å². The molecule has 1 atom stereocenters. The Morgan fingerprint density at radius 1 is 1.11 bits per heavy atom. The van der Waals surface area contributed by atoms with Gasteiger partial charge in [-0.05, 0) is 62.3 Å². The van der Waals surface area contributed by atoms with Crippen molar-refractivity contribution in [3.05, 3.63) is 70.8 Å². The highest BCUT2D eigenvalue weighted by atomic mass is 16.5. The molecule has 0 radical (unpaired) electrons. The SMILES string of the molecule is CC(C)(C)OCc1cccc(CNC(=O)NC2CCCc3ccccc32)c1. The van der Waals surface area contributed by atoms with E-state index < -0.39 is 0 Å². The lowest BCUT2D eigenvalue weighted by atomic mass is 9.88. The number of ether oxygens (including phenoxy) is 1. The molecule has 4 heteroatoms. The molecule has 1 aliphatic carbocycles. The molecule has 0 fully saturated rings. The molecule has 1 aliphatic rings. The second-order valence-corrected chi connectivity index (χ2v) is 8.19. The molecule has 1 unspecified atom stereocenters. The number of carbonyl (C=O) groups is 1. The molecule has 2 aromatic carbocycles. The maximum Gasteiger partial charge on any atom is 0.315 e. The molecule has 0 saturated carbocycles. The van der Waals surface area contributed by atoms with Gasteiger partial charge in [-0.1, -0.05) is 48.5 Å². The Labute approximate surface area is 162 Å². The van der Waals surface area contributed by atoms with Crippen LogP contribution in [0.15, 0.2) is 48.5 Å². The summed E-state index contributed by atoms with van der Waals surface area (Å²) in [5, 5.41) is 6.12. The van der Waals surface area contributed by atoms with Gasteiger partial charge in [0.15, 0.2) is 0 Å². The van der Waals surface area contributed by atoms with E-state index in [-0.39, 0.29) is 17.7 Å². The number of hydrogen-bond acceptors (Lipinski definition) is 2. The van der Waals surface area contributed by atoms with Crippen molar-refractivity contribution in [2.45, 2.75) is 64.8 Å². The van der Waals surface area contributed by atoms with E-state index in [1.165, 1.54) is 11.1 Å². The van der Waals surface area contributed by atoms with Gasteiger partial charge < -0.3 is 15.4 Å². The number of benzene rings is 2. The van der Waals surface area contributed by atoms with Crippen molar-refractivity contribution >= 4 is 6.03 Å². The maximum absolute atomic E-state index is 12.4. The summed E-state index contributed by atoms with van der Waals surface area (Å²) in [7, 11) is 0. The molecule has 27 heavy (non-hydrogen) atoms. The van der Waals surface area contributed by atoms with Crippen LogP contribution in [0.3, 0.4) is 0 Å². The van der Waals surface area contributed by atoms with E-state index in [1.54, 1.807) is 0 Å². The van der Waals surface area contributed by atoms with Gasteiger partial charge in [-0.3, -0.25) is 0 Å². The van der Waals surface area contributed by atoms with E-state index in [1.807, 2.05) is 45.0 Å². The lowest BCUT2D eigenvalue weighted by Crippen LogP contribution is -2.38. The highest BCUT2D eigenvalue weighted by Crippen LogP contribution is 2.29. The van der Waals surface area contributed by atoms with Crippen LogP contribution < -0.4 is 10.6 Å². The number of fused-ring (bicyclic) bond motifs is 1. The summed E-state index contributed by atoms with van der Waals surface area (Å²) in [4.78, 5) is 12.4. The molecule has 0 spiro atoms. The lowest BCUT2D eigenvalue weighted by molar-refractivity contribution is -0.0149.